The summed E-state index contributed by atoms with van der Waals surface area (Å²) in [6.45, 7) is 2.29. The number of carbonyl (C=O) groups is 1. The second-order valence-corrected chi connectivity index (χ2v) is 8.42. The Morgan fingerprint density at radius 1 is 1.11 bits per heavy atom. The van der Waals surface area contributed by atoms with Gasteiger partial charge in [0.2, 0.25) is 0 Å². The Bertz CT molecular complexity index is 1030. The number of nitrogens with zero attached hydrogens (tertiary/aromatic N) is 5. The van der Waals surface area contributed by atoms with E-state index >= 15 is 0 Å². The number of likely N-dealkylation sites (tertiary alicyclic amines) is 1. The summed E-state index contributed by atoms with van der Waals surface area (Å²) in [5.74, 6) is 0.550. The van der Waals surface area contributed by atoms with E-state index in [1.54, 1.807) is 10.9 Å². The van der Waals surface area contributed by atoms with Crippen LogP contribution in [0.15, 0.2) is 36.9 Å². The zero-order chi connectivity index (χ0) is 18.6. The molecular weight excluding hydrogens is 338 g/mol. The highest BCUT2D eigenvalue weighted by Crippen LogP contribution is 2.51. The molecule has 2 aliphatic rings. The van der Waals surface area contributed by atoms with Crippen LogP contribution in [0.1, 0.15) is 18.5 Å². The molecule has 1 saturated heterocycles. The van der Waals surface area contributed by atoms with Crippen LogP contribution in [0.3, 0.4) is 0 Å². The van der Waals surface area contributed by atoms with Crippen molar-refractivity contribution in [1.82, 2.24) is 24.6 Å². The highest BCUT2D eigenvalue weighted by Gasteiger charge is 2.52. The molecule has 138 valence electrons. The molecule has 0 amide bonds. The second-order valence-electron chi connectivity index (χ2n) is 8.42. The number of Topliss-reactive ketones (excluding diaryl/α,β-unsaturated/α-hetero) is 1. The van der Waals surface area contributed by atoms with E-state index in [9.17, 15) is 4.79 Å². The van der Waals surface area contributed by atoms with Crippen molar-refractivity contribution >= 4 is 16.7 Å². The van der Waals surface area contributed by atoms with Gasteiger partial charge in [-0.15, -0.1) is 0 Å². The van der Waals surface area contributed by atoms with Gasteiger partial charge in [-0.25, -0.2) is 0 Å². The van der Waals surface area contributed by atoms with Gasteiger partial charge in [0.15, 0.2) is 0 Å². The molecule has 0 bridgehead atoms. The minimum absolute atomic E-state index is 0.219. The van der Waals surface area contributed by atoms with Gasteiger partial charge in [-0.1, -0.05) is 0 Å². The minimum Gasteiger partial charge on any atom is -0.305 e. The first-order chi connectivity index (χ1) is 13.0. The van der Waals surface area contributed by atoms with Crippen LogP contribution in [-0.4, -0.2) is 50.6 Å². The molecule has 6 nitrogen and oxygen atoms in total. The molecule has 0 unspecified atom stereocenters. The van der Waals surface area contributed by atoms with Crippen LogP contribution < -0.4 is 0 Å². The van der Waals surface area contributed by atoms with Crippen molar-refractivity contribution in [3.8, 4) is 11.1 Å². The van der Waals surface area contributed by atoms with Gasteiger partial charge in [0.05, 0.1) is 17.9 Å². The molecule has 3 aromatic rings. The van der Waals surface area contributed by atoms with Crippen molar-refractivity contribution < 1.29 is 4.79 Å². The smallest absolute Gasteiger partial charge is 0.141 e. The van der Waals surface area contributed by atoms with Gasteiger partial charge in [-0.05, 0) is 37.4 Å². The Kier molecular flexibility index (Phi) is 3.65. The molecule has 0 atom stereocenters. The predicted octanol–water partition coefficient (Wildman–Crippen LogP) is 2.48. The third kappa shape index (κ3) is 2.94. The zero-order valence-corrected chi connectivity index (χ0v) is 15.7. The lowest BCUT2D eigenvalue weighted by atomic mass is 9.56. The van der Waals surface area contributed by atoms with Gasteiger partial charge < -0.3 is 4.90 Å². The fourth-order valence-electron chi connectivity index (χ4n) is 4.79. The van der Waals surface area contributed by atoms with E-state index < -0.39 is 0 Å². The first kappa shape index (κ1) is 16.6. The maximum Gasteiger partial charge on any atom is 0.141 e. The number of fused-ring (bicyclic) bond motifs is 1. The average Bonchev–Trinajstić information content (AvgIpc) is 3.02. The Labute approximate surface area is 158 Å². The fourth-order valence-corrected chi connectivity index (χ4v) is 4.79. The number of hydrogen-bond donors (Lipinski definition) is 0. The molecule has 0 radical (unpaired) electrons. The molecule has 3 aromatic heterocycles. The summed E-state index contributed by atoms with van der Waals surface area (Å²) in [6, 6.07) is 4.10. The van der Waals surface area contributed by atoms with E-state index in [0.717, 1.165) is 53.7 Å². The zero-order valence-electron chi connectivity index (χ0n) is 15.7. The molecule has 27 heavy (non-hydrogen) atoms. The number of rotatable bonds is 4. The van der Waals surface area contributed by atoms with Crippen molar-refractivity contribution in [3.63, 3.8) is 0 Å². The number of pyridine rings is 2. The molecule has 1 spiro atoms. The van der Waals surface area contributed by atoms with E-state index in [0.29, 0.717) is 17.6 Å². The SMILES string of the molecule is CN1CC2(CC(C(=O)Cc3cc4cc(-c5cnn(C)c5)cnc4cn3)C2)C1. The minimum atomic E-state index is 0.219. The summed E-state index contributed by atoms with van der Waals surface area (Å²) in [6.07, 6.45) is 9.94. The van der Waals surface area contributed by atoms with Crippen LogP contribution in [0.4, 0.5) is 0 Å². The Hall–Kier alpha value is -2.60. The van der Waals surface area contributed by atoms with E-state index in [2.05, 4.69) is 33.1 Å². The van der Waals surface area contributed by atoms with Crippen molar-refractivity contribution in [2.45, 2.75) is 19.3 Å². The summed E-state index contributed by atoms with van der Waals surface area (Å²) >= 11 is 0. The fraction of sp³-hybridized carbons (Fsp3) is 0.429. The van der Waals surface area contributed by atoms with Gasteiger partial charge in [0, 0.05) is 67.1 Å². The summed E-state index contributed by atoms with van der Waals surface area (Å²) in [4.78, 5) is 24.0. The Morgan fingerprint density at radius 2 is 1.93 bits per heavy atom. The quantitative estimate of drug-likeness (QED) is 0.714. The lowest BCUT2D eigenvalue weighted by Gasteiger charge is -2.58. The van der Waals surface area contributed by atoms with Gasteiger partial charge in [0.1, 0.15) is 5.78 Å². The van der Waals surface area contributed by atoms with Crippen LogP contribution in [0.2, 0.25) is 0 Å². The summed E-state index contributed by atoms with van der Waals surface area (Å²) in [5.41, 5.74) is 4.18. The molecule has 4 heterocycles. The van der Waals surface area contributed by atoms with Crippen LogP contribution in [0.25, 0.3) is 22.0 Å². The van der Waals surface area contributed by atoms with E-state index in [4.69, 9.17) is 0 Å². The van der Waals surface area contributed by atoms with Crippen molar-refractivity contribution in [2.24, 2.45) is 18.4 Å². The topological polar surface area (TPSA) is 63.9 Å². The lowest BCUT2D eigenvalue weighted by Crippen LogP contribution is -2.61. The number of aromatic nitrogens is 4. The number of ketones is 1. The molecule has 1 aliphatic carbocycles. The van der Waals surface area contributed by atoms with Gasteiger partial charge in [-0.2, -0.15) is 5.10 Å². The normalized spacial score (nSPS) is 19.2. The van der Waals surface area contributed by atoms with Gasteiger partial charge >= 0.3 is 0 Å². The second kappa shape index (κ2) is 5.96. The van der Waals surface area contributed by atoms with Crippen LogP contribution in [0.5, 0.6) is 0 Å². The Morgan fingerprint density at radius 3 is 2.63 bits per heavy atom. The summed E-state index contributed by atoms with van der Waals surface area (Å²) in [5, 5.41) is 5.24. The molecule has 0 N–H and O–H groups in total. The summed E-state index contributed by atoms with van der Waals surface area (Å²) in [7, 11) is 4.05. The van der Waals surface area contributed by atoms with E-state index in [-0.39, 0.29) is 5.92 Å². The monoisotopic (exact) mass is 361 g/mol. The molecule has 6 heteroatoms. The first-order valence-corrected chi connectivity index (χ1v) is 9.45. The lowest BCUT2D eigenvalue weighted by molar-refractivity contribution is -0.139. The molecule has 0 aromatic carbocycles. The predicted molar refractivity (Wildman–Crippen MR) is 103 cm³/mol. The van der Waals surface area contributed by atoms with Crippen molar-refractivity contribution in [2.75, 3.05) is 20.1 Å². The molecule has 5 rings (SSSR count). The van der Waals surface area contributed by atoms with E-state index in [1.165, 1.54) is 0 Å². The maximum absolute atomic E-state index is 12.7. The average molecular weight is 361 g/mol. The first-order valence-electron chi connectivity index (χ1n) is 9.45. The highest BCUT2D eigenvalue weighted by atomic mass is 16.1. The third-order valence-corrected chi connectivity index (χ3v) is 6.04. The molecule has 1 saturated carbocycles. The van der Waals surface area contributed by atoms with Gasteiger partial charge in [0.25, 0.3) is 0 Å². The third-order valence-electron chi connectivity index (χ3n) is 6.04. The van der Waals surface area contributed by atoms with Crippen molar-refractivity contribution in [1.29, 1.82) is 0 Å². The standard InChI is InChI=1S/C21H23N5O/c1-25-12-21(13-25)6-16(7-21)20(27)5-18-4-14-3-15(8-23-19(14)10-22-18)17-9-24-26(2)11-17/h3-4,8-11,16H,5-7,12-13H2,1-2H3. The van der Waals surface area contributed by atoms with Gasteiger partial charge in [-0.3, -0.25) is 19.4 Å². The van der Waals surface area contributed by atoms with Crippen molar-refractivity contribution in [3.05, 3.63) is 42.6 Å². The molecular formula is C21H23N5O. The molecule has 1 aliphatic heterocycles. The number of aryl methyl sites for hydroxylation is 1. The van der Waals surface area contributed by atoms with Crippen LogP contribution in [0, 0.1) is 11.3 Å². The molecule has 2 fully saturated rings. The van der Waals surface area contributed by atoms with Crippen LogP contribution in [-0.2, 0) is 18.3 Å². The maximum atomic E-state index is 12.7. The van der Waals surface area contributed by atoms with E-state index in [1.807, 2.05) is 31.7 Å². The highest BCUT2D eigenvalue weighted by molar-refractivity contribution is 5.87. The van der Waals surface area contributed by atoms with Crippen LogP contribution >= 0.6 is 0 Å². The summed E-state index contributed by atoms with van der Waals surface area (Å²) < 4.78 is 1.78. The largest absolute Gasteiger partial charge is 0.305 e. The number of carbonyl (C=O) groups excluding carboxylic acids is 1. The Balaban J connectivity index is 1.32. The number of hydrogen-bond acceptors (Lipinski definition) is 5.